The molecule has 0 bridgehead atoms. The minimum atomic E-state index is -0.345. The van der Waals surface area contributed by atoms with Crippen molar-refractivity contribution in [2.24, 2.45) is 19.2 Å². The van der Waals surface area contributed by atoms with E-state index >= 15 is 0 Å². The van der Waals surface area contributed by atoms with Crippen molar-refractivity contribution in [2.75, 3.05) is 0 Å². The lowest BCUT2D eigenvalue weighted by Gasteiger charge is -2.12. The first-order chi connectivity index (χ1) is 10.9. The molecular weight excluding hydrogens is 380 g/mol. The smallest absolute Gasteiger partial charge is 0.267 e. The van der Waals surface area contributed by atoms with Crippen molar-refractivity contribution in [3.63, 3.8) is 0 Å². The van der Waals surface area contributed by atoms with Gasteiger partial charge in [-0.15, -0.1) is 0 Å². The maximum atomic E-state index is 12.4. The van der Waals surface area contributed by atoms with E-state index in [1.165, 1.54) is 9.13 Å². The number of hydrazone groups is 1. The normalized spacial score (nSPS) is 17.0. The number of aromatic hydroxyl groups is 1. The Hall–Kier alpha value is -1.93. The largest absolute Gasteiger partial charge is 0.494 e. The fourth-order valence-corrected chi connectivity index (χ4v) is 3.01. The molecule has 6 nitrogen and oxygen atoms in total. The molecule has 2 aromatic rings. The summed E-state index contributed by atoms with van der Waals surface area (Å²) >= 11 is 8.53. The van der Waals surface area contributed by atoms with E-state index < -0.39 is 0 Å². The monoisotopic (exact) mass is 394 g/mol. The molecule has 0 spiro atoms. The molecule has 1 aromatic heterocycles. The molecule has 0 amide bonds. The molecule has 1 aliphatic heterocycles. The summed E-state index contributed by atoms with van der Waals surface area (Å²) in [5, 5.41) is 14.6. The zero-order chi connectivity index (χ0) is 16.7. The van der Waals surface area contributed by atoms with E-state index in [1.807, 2.05) is 24.3 Å². The quantitative estimate of drug-likeness (QED) is 0.766. The number of halogens is 1. The van der Waals surface area contributed by atoms with Gasteiger partial charge in [0.05, 0.1) is 11.8 Å². The molecule has 0 radical (unpaired) electrons. The first-order valence-electron chi connectivity index (χ1n) is 6.97. The first-order valence-corrected chi connectivity index (χ1v) is 8.17. The molecule has 23 heavy (non-hydrogen) atoms. The Morgan fingerprint density at radius 2 is 1.96 bits per heavy atom. The van der Waals surface area contributed by atoms with Crippen LogP contribution in [-0.4, -0.2) is 20.0 Å². The van der Waals surface area contributed by atoms with Crippen molar-refractivity contribution in [1.29, 1.82) is 0 Å². The molecule has 1 aromatic carbocycles. The summed E-state index contributed by atoms with van der Waals surface area (Å²) in [5.74, 6) is -0.157. The van der Waals surface area contributed by atoms with Gasteiger partial charge in [-0.2, -0.15) is 5.10 Å². The Morgan fingerprint density at radius 1 is 1.30 bits per heavy atom. The minimum Gasteiger partial charge on any atom is -0.494 e. The van der Waals surface area contributed by atoms with Gasteiger partial charge in [0, 0.05) is 25.0 Å². The molecular formula is C15H15BrN4O2S. The third kappa shape index (κ3) is 2.72. The van der Waals surface area contributed by atoms with Crippen LogP contribution in [0.2, 0.25) is 0 Å². The fraction of sp³-hybridized carbons (Fsp3) is 0.267. The molecule has 120 valence electrons. The zero-order valence-corrected chi connectivity index (χ0v) is 15.0. The van der Waals surface area contributed by atoms with Gasteiger partial charge in [-0.1, -0.05) is 28.1 Å². The van der Waals surface area contributed by atoms with Crippen LogP contribution in [0, 0.1) is 4.77 Å². The molecule has 1 atom stereocenters. The number of hydrogen-bond acceptors (Lipinski definition) is 5. The van der Waals surface area contributed by atoms with Crippen LogP contribution in [0.25, 0.3) is 0 Å². The molecule has 8 heteroatoms. The van der Waals surface area contributed by atoms with Crippen LogP contribution in [0.1, 0.15) is 23.6 Å². The van der Waals surface area contributed by atoms with Crippen molar-refractivity contribution < 1.29 is 5.11 Å². The lowest BCUT2D eigenvalue weighted by Crippen LogP contribution is -2.28. The van der Waals surface area contributed by atoms with Crippen LogP contribution in [0.15, 0.2) is 38.6 Å². The second kappa shape index (κ2) is 5.93. The van der Waals surface area contributed by atoms with E-state index in [-0.39, 0.29) is 27.8 Å². The van der Waals surface area contributed by atoms with Gasteiger partial charge in [-0.25, -0.2) is 0 Å². The molecule has 0 saturated carbocycles. The van der Waals surface area contributed by atoms with Gasteiger partial charge in [0.1, 0.15) is 5.56 Å². The van der Waals surface area contributed by atoms with Gasteiger partial charge in [-0.3, -0.25) is 13.9 Å². The summed E-state index contributed by atoms with van der Waals surface area (Å²) in [6.45, 7) is 0. The molecule has 0 fully saturated rings. The number of hydrogen-bond donors (Lipinski definition) is 2. The van der Waals surface area contributed by atoms with Gasteiger partial charge >= 0.3 is 0 Å². The van der Waals surface area contributed by atoms with Gasteiger partial charge in [0.25, 0.3) is 5.56 Å². The van der Waals surface area contributed by atoms with Crippen LogP contribution in [0.3, 0.4) is 0 Å². The predicted octanol–water partition coefficient (Wildman–Crippen LogP) is 2.36. The Balaban J connectivity index is 1.98. The first kappa shape index (κ1) is 15.9. The minimum absolute atomic E-state index is 0.0318. The van der Waals surface area contributed by atoms with Crippen LogP contribution >= 0.6 is 28.1 Å². The number of nitrogens with zero attached hydrogens (tertiary/aromatic N) is 3. The Labute approximate surface area is 146 Å². The maximum absolute atomic E-state index is 12.4. The number of aromatic nitrogens is 2. The number of benzene rings is 1. The van der Waals surface area contributed by atoms with Crippen molar-refractivity contribution >= 4 is 33.9 Å². The number of rotatable bonds is 2. The lowest BCUT2D eigenvalue weighted by molar-refractivity contribution is 0.414. The summed E-state index contributed by atoms with van der Waals surface area (Å²) < 4.78 is 3.99. The Kier molecular flexibility index (Phi) is 4.11. The number of nitrogens with one attached hydrogen (secondary N) is 1. The summed E-state index contributed by atoms with van der Waals surface area (Å²) in [7, 11) is 3.21. The Bertz CT molecular complexity index is 915. The Morgan fingerprint density at radius 3 is 2.61 bits per heavy atom. The highest BCUT2D eigenvalue weighted by Crippen LogP contribution is 2.27. The standard InChI is InChI=1S/C15H15BrN4O2S/c1-19-13(21)12(14(22)20(2)15(19)23)11-7-10(17-18-11)8-3-5-9(16)6-4-8/h3-6,10,17,21H,7H2,1-2H3. The lowest BCUT2D eigenvalue weighted by atomic mass is 10.00. The van der Waals surface area contributed by atoms with E-state index in [1.54, 1.807) is 14.1 Å². The average Bonchev–Trinajstić information content (AvgIpc) is 3.01. The molecule has 0 aliphatic carbocycles. The SMILES string of the molecule is Cn1c(O)c(C2=NNC(c3ccc(Br)cc3)C2)c(=O)n(C)c1=S. The summed E-state index contributed by atoms with van der Waals surface area (Å²) in [6.07, 6.45) is 0.515. The van der Waals surface area contributed by atoms with E-state index in [2.05, 4.69) is 26.5 Å². The van der Waals surface area contributed by atoms with Crippen LogP contribution in [0.4, 0.5) is 0 Å². The van der Waals surface area contributed by atoms with E-state index in [0.717, 1.165) is 10.0 Å². The average molecular weight is 395 g/mol. The van der Waals surface area contributed by atoms with Gasteiger partial charge in [0.2, 0.25) is 5.88 Å². The zero-order valence-electron chi connectivity index (χ0n) is 12.6. The third-order valence-corrected chi connectivity index (χ3v) is 5.02. The molecule has 0 saturated heterocycles. The third-order valence-electron chi connectivity index (χ3n) is 3.95. The second-order valence-corrected chi connectivity index (χ2v) is 6.68. The molecule has 3 rings (SSSR count). The van der Waals surface area contributed by atoms with Crippen molar-refractivity contribution in [3.8, 4) is 5.88 Å². The van der Waals surface area contributed by atoms with Gasteiger partial charge in [0.15, 0.2) is 4.77 Å². The van der Waals surface area contributed by atoms with E-state index in [9.17, 15) is 9.90 Å². The van der Waals surface area contributed by atoms with Gasteiger partial charge in [-0.05, 0) is 29.9 Å². The predicted molar refractivity (Wildman–Crippen MR) is 94.3 cm³/mol. The second-order valence-electron chi connectivity index (χ2n) is 5.40. The molecule has 1 aliphatic rings. The molecule has 2 heterocycles. The summed E-state index contributed by atoms with van der Waals surface area (Å²) in [6, 6.07) is 7.86. The molecule has 2 N–H and O–H groups in total. The van der Waals surface area contributed by atoms with E-state index in [4.69, 9.17) is 12.2 Å². The summed E-state index contributed by atoms with van der Waals surface area (Å²) in [5.41, 5.74) is 4.46. The maximum Gasteiger partial charge on any atom is 0.267 e. The van der Waals surface area contributed by atoms with Gasteiger partial charge < -0.3 is 10.5 Å². The highest BCUT2D eigenvalue weighted by Gasteiger charge is 2.27. The van der Waals surface area contributed by atoms with Crippen LogP contribution in [-0.2, 0) is 14.1 Å². The van der Waals surface area contributed by atoms with E-state index in [0.29, 0.717) is 12.1 Å². The topological polar surface area (TPSA) is 71.6 Å². The van der Waals surface area contributed by atoms with Crippen LogP contribution < -0.4 is 11.0 Å². The van der Waals surface area contributed by atoms with Crippen molar-refractivity contribution in [2.45, 2.75) is 12.5 Å². The fourth-order valence-electron chi connectivity index (χ4n) is 2.57. The highest BCUT2D eigenvalue weighted by atomic mass is 79.9. The summed E-state index contributed by atoms with van der Waals surface area (Å²) in [4.78, 5) is 12.4. The highest BCUT2D eigenvalue weighted by molar-refractivity contribution is 9.10. The van der Waals surface area contributed by atoms with Crippen LogP contribution in [0.5, 0.6) is 5.88 Å². The molecule has 1 unspecified atom stereocenters. The van der Waals surface area contributed by atoms with Crippen molar-refractivity contribution in [3.05, 3.63) is 55.0 Å². The van der Waals surface area contributed by atoms with Crippen molar-refractivity contribution in [1.82, 2.24) is 14.6 Å².